The Morgan fingerprint density at radius 3 is 2.52 bits per heavy atom. The van der Waals surface area contributed by atoms with E-state index in [1.54, 1.807) is 48.0 Å². The highest BCUT2D eigenvalue weighted by atomic mass is 19.4. The van der Waals surface area contributed by atoms with Gasteiger partial charge in [-0.3, -0.25) is 9.36 Å². The van der Waals surface area contributed by atoms with Crippen molar-refractivity contribution in [2.45, 2.75) is 26.3 Å². The molecule has 2 heterocycles. The molecule has 0 amide bonds. The number of aromatic nitrogens is 2. The van der Waals surface area contributed by atoms with Crippen LogP contribution in [0.15, 0.2) is 59.7 Å². The van der Waals surface area contributed by atoms with Crippen molar-refractivity contribution in [1.29, 1.82) is 0 Å². The van der Waals surface area contributed by atoms with Gasteiger partial charge in [0.25, 0.3) is 6.23 Å². The summed E-state index contributed by atoms with van der Waals surface area (Å²) in [6, 6.07) is 12.3. The number of aryl methyl sites for hydroxylation is 1. The lowest BCUT2D eigenvalue weighted by Gasteiger charge is -2.16. The Labute approximate surface area is 164 Å². The monoisotopic (exact) mass is 399 g/mol. The van der Waals surface area contributed by atoms with E-state index >= 15 is 0 Å². The summed E-state index contributed by atoms with van der Waals surface area (Å²) in [6.45, 7) is 3.02. The van der Waals surface area contributed by atoms with E-state index in [9.17, 15) is 18.0 Å². The van der Waals surface area contributed by atoms with Crippen molar-refractivity contribution < 1.29 is 22.7 Å². The Kier molecular flexibility index (Phi) is 4.49. The molecule has 29 heavy (non-hydrogen) atoms. The molecule has 0 spiro atoms. The van der Waals surface area contributed by atoms with Crippen molar-refractivity contribution in [3.63, 3.8) is 0 Å². The van der Waals surface area contributed by atoms with Crippen LogP contribution in [-0.2, 0) is 15.7 Å². The zero-order valence-electron chi connectivity index (χ0n) is 15.6. The molecule has 0 N–H and O–H groups in total. The molecule has 3 aromatic rings. The predicted molar refractivity (Wildman–Crippen MR) is 99.9 cm³/mol. The molecule has 0 radical (unpaired) electrons. The molecule has 1 aliphatic rings. The summed E-state index contributed by atoms with van der Waals surface area (Å²) in [4.78, 5) is 20.5. The molecule has 0 aliphatic carbocycles. The Bertz CT molecular complexity index is 1120. The lowest BCUT2D eigenvalue weighted by molar-refractivity contribution is -0.146. The van der Waals surface area contributed by atoms with E-state index in [2.05, 4.69) is 9.98 Å². The molecular weight excluding hydrogens is 383 g/mol. The molecule has 148 valence electrons. The summed E-state index contributed by atoms with van der Waals surface area (Å²) in [5, 5.41) is 0. The van der Waals surface area contributed by atoms with Crippen LogP contribution in [0, 0.1) is 6.92 Å². The van der Waals surface area contributed by atoms with Gasteiger partial charge in [-0.25, -0.2) is 9.98 Å². The minimum Gasteiger partial charge on any atom is -0.432 e. The average Bonchev–Trinajstić information content (AvgIpc) is 2.99. The number of carbonyl (C=O) groups excluding carboxylic acids is 1. The molecule has 2 aromatic carbocycles. The van der Waals surface area contributed by atoms with Gasteiger partial charge in [-0.05, 0) is 25.1 Å². The summed E-state index contributed by atoms with van der Waals surface area (Å²) >= 11 is 0. The van der Waals surface area contributed by atoms with Crippen molar-refractivity contribution in [3.8, 4) is 5.69 Å². The van der Waals surface area contributed by atoms with Gasteiger partial charge in [0.15, 0.2) is 5.82 Å². The fraction of sp³-hybridized carbons (Fsp3) is 0.190. The van der Waals surface area contributed by atoms with Crippen LogP contribution in [0.25, 0.3) is 5.69 Å². The highest BCUT2D eigenvalue weighted by Gasteiger charge is 2.34. The number of aliphatic imine (C=N–C) groups is 1. The Morgan fingerprint density at radius 2 is 1.86 bits per heavy atom. The number of imidazole rings is 1. The number of ether oxygens (including phenoxy) is 1. The topological polar surface area (TPSA) is 56.5 Å². The highest BCUT2D eigenvalue weighted by Crippen LogP contribution is 2.36. The van der Waals surface area contributed by atoms with Crippen LogP contribution in [0.4, 0.5) is 13.2 Å². The first-order valence-electron chi connectivity index (χ1n) is 8.82. The normalized spacial score (nSPS) is 15.8. The first-order valence-corrected chi connectivity index (χ1v) is 8.82. The maximum Gasteiger partial charge on any atom is 0.416 e. The first-order chi connectivity index (χ1) is 13.8. The number of hydrogen-bond donors (Lipinski definition) is 0. The Balaban J connectivity index is 2.05. The van der Waals surface area contributed by atoms with Gasteiger partial charge in [0, 0.05) is 29.9 Å². The third-order valence-electron chi connectivity index (χ3n) is 4.58. The largest absolute Gasteiger partial charge is 0.432 e. The van der Waals surface area contributed by atoms with Gasteiger partial charge < -0.3 is 4.74 Å². The second kappa shape index (κ2) is 6.88. The SMILES string of the molecule is CC(=O)OC1N=C(c2ccccc2)c2cc(C(F)(F)F)ccc2-n2c(C)cnc21. The summed E-state index contributed by atoms with van der Waals surface area (Å²) in [7, 11) is 0. The second-order valence-corrected chi connectivity index (χ2v) is 6.63. The minimum atomic E-state index is -4.51. The second-order valence-electron chi connectivity index (χ2n) is 6.63. The molecule has 4 rings (SSSR count). The number of nitrogens with zero attached hydrogens (tertiary/aromatic N) is 3. The van der Waals surface area contributed by atoms with Crippen LogP contribution in [0.3, 0.4) is 0 Å². The summed E-state index contributed by atoms with van der Waals surface area (Å²) in [5.41, 5.74) is 1.56. The van der Waals surface area contributed by atoms with Crippen LogP contribution >= 0.6 is 0 Å². The van der Waals surface area contributed by atoms with Crippen molar-refractivity contribution in [2.75, 3.05) is 0 Å². The van der Waals surface area contributed by atoms with E-state index in [-0.39, 0.29) is 5.56 Å². The Hall–Kier alpha value is -3.42. The number of fused-ring (bicyclic) bond motifs is 3. The molecule has 8 heteroatoms. The van der Waals surface area contributed by atoms with E-state index in [1.165, 1.54) is 13.0 Å². The van der Waals surface area contributed by atoms with Gasteiger partial charge in [-0.2, -0.15) is 13.2 Å². The number of hydrogen-bond acceptors (Lipinski definition) is 4. The predicted octanol–water partition coefficient (Wildman–Crippen LogP) is 4.61. The van der Waals surface area contributed by atoms with E-state index in [0.717, 1.165) is 12.1 Å². The van der Waals surface area contributed by atoms with Gasteiger partial charge in [-0.1, -0.05) is 30.3 Å². The third kappa shape index (κ3) is 3.41. The van der Waals surface area contributed by atoms with E-state index in [0.29, 0.717) is 28.5 Å². The lowest BCUT2D eigenvalue weighted by Crippen LogP contribution is -2.12. The molecule has 0 fully saturated rings. The fourth-order valence-corrected chi connectivity index (χ4v) is 3.35. The number of rotatable bonds is 2. The van der Waals surface area contributed by atoms with Crippen molar-refractivity contribution in [3.05, 3.63) is 82.9 Å². The molecule has 5 nitrogen and oxygen atoms in total. The molecule has 1 unspecified atom stereocenters. The van der Waals surface area contributed by atoms with E-state index in [4.69, 9.17) is 4.74 Å². The van der Waals surface area contributed by atoms with Crippen molar-refractivity contribution in [2.24, 2.45) is 4.99 Å². The average molecular weight is 399 g/mol. The molecule has 0 saturated heterocycles. The van der Waals surface area contributed by atoms with Gasteiger partial charge in [0.2, 0.25) is 0 Å². The Morgan fingerprint density at radius 1 is 1.14 bits per heavy atom. The molecule has 1 atom stereocenters. The van der Waals surface area contributed by atoms with Gasteiger partial charge in [0.1, 0.15) is 0 Å². The van der Waals surface area contributed by atoms with Crippen LogP contribution in [0.2, 0.25) is 0 Å². The van der Waals surface area contributed by atoms with Crippen molar-refractivity contribution in [1.82, 2.24) is 9.55 Å². The quantitative estimate of drug-likeness (QED) is 0.592. The molecule has 1 aliphatic heterocycles. The zero-order chi connectivity index (χ0) is 20.8. The van der Waals surface area contributed by atoms with Gasteiger partial charge in [0.05, 0.1) is 17.0 Å². The van der Waals surface area contributed by atoms with Gasteiger partial charge >= 0.3 is 12.1 Å². The lowest BCUT2D eigenvalue weighted by atomic mass is 9.98. The van der Waals surface area contributed by atoms with Crippen LogP contribution in [0.5, 0.6) is 0 Å². The van der Waals surface area contributed by atoms with E-state index < -0.39 is 23.9 Å². The molecule has 1 aromatic heterocycles. The maximum absolute atomic E-state index is 13.4. The minimum absolute atomic E-state index is 0.281. The number of esters is 1. The third-order valence-corrected chi connectivity index (χ3v) is 4.58. The zero-order valence-corrected chi connectivity index (χ0v) is 15.6. The first kappa shape index (κ1) is 18.9. The number of alkyl halides is 3. The summed E-state index contributed by atoms with van der Waals surface area (Å²) in [5.74, 6) is -0.245. The van der Waals surface area contributed by atoms with Crippen LogP contribution in [-0.4, -0.2) is 21.2 Å². The van der Waals surface area contributed by atoms with Gasteiger partial charge in [-0.15, -0.1) is 0 Å². The maximum atomic E-state index is 13.4. The number of halogens is 3. The van der Waals surface area contributed by atoms with E-state index in [1.807, 2.05) is 0 Å². The highest BCUT2D eigenvalue weighted by molar-refractivity contribution is 6.15. The van der Waals surface area contributed by atoms with Crippen LogP contribution in [0.1, 0.15) is 41.4 Å². The fourth-order valence-electron chi connectivity index (χ4n) is 3.35. The molecular formula is C21H16F3N3O2. The summed E-state index contributed by atoms with van der Waals surface area (Å²) in [6.07, 6.45) is -4.03. The number of benzene rings is 2. The smallest absolute Gasteiger partial charge is 0.416 e. The van der Waals surface area contributed by atoms with Crippen molar-refractivity contribution >= 4 is 11.7 Å². The molecule has 0 bridgehead atoms. The standard InChI is InChI=1S/C21H16F3N3O2/c1-12-11-25-19-20(29-13(2)28)26-18(14-6-4-3-5-7-14)16-10-15(21(22,23)24)8-9-17(16)27(12)19/h3-11,20H,1-2H3. The summed E-state index contributed by atoms with van der Waals surface area (Å²) < 4.78 is 47.3. The number of carbonyl (C=O) groups is 1. The van der Waals surface area contributed by atoms with Crippen LogP contribution < -0.4 is 0 Å². The molecule has 0 saturated carbocycles.